The Morgan fingerprint density at radius 2 is 1.06 bits per heavy atom. The summed E-state index contributed by atoms with van der Waals surface area (Å²) in [5.74, 6) is 0. The summed E-state index contributed by atoms with van der Waals surface area (Å²) < 4.78 is 2.40. The van der Waals surface area contributed by atoms with E-state index in [4.69, 9.17) is 4.98 Å². The molecule has 0 fully saturated rings. The van der Waals surface area contributed by atoms with Crippen molar-refractivity contribution in [1.29, 1.82) is 0 Å². The first-order valence-electron chi connectivity index (χ1n) is 11.4. The highest BCUT2D eigenvalue weighted by Crippen LogP contribution is 2.42. The molecule has 2 heteroatoms. The number of nitrogens with zero attached hydrogens (tertiary/aromatic N) is 2. The van der Waals surface area contributed by atoms with Crippen LogP contribution < -0.4 is 0 Å². The number of fused-ring (bicyclic) bond motifs is 11. The van der Waals surface area contributed by atoms with E-state index in [0.717, 1.165) is 11.3 Å². The Morgan fingerprint density at radius 1 is 0.545 bits per heavy atom. The van der Waals surface area contributed by atoms with Gasteiger partial charge in [-0.25, -0.2) is 4.98 Å². The summed E-state index contributed by atoms with van der Waals surface area (Å²) in [6.45, 7) is 4.39. The van der Waals surface area contributed by atoms with Crippen molar-refractivity contribution in [2.24, 2.45) is 0 Å². The van der Waals surface area contributed by atoms with Crippen molar-refractivity contribution in [2.45, 2.75) is 13.8 Å². The molecule has 0 saturated heterocycles. The molecule has 2 nitrogen and oxygen atoms in total. The third-order valence-electron chi connectivity index (χ3n) is 7.07. The number of hydrogen-bond donors (Lipinski definition) is 0. The maximum atomic E-state index is 5.01. The number of aryl methyl sites for hydroxylation is 2. The van der Waals surface area contributed by atoms with Crippen molar-refractivity contribution in [3.05, 3.63) is 108 Å². The fourth-order valence-corrected chi connectivity index (χ4v) is 5.69. The zero-order valence-electron chi connectivity index (χ0n) is 18.6. The van der Waals surface area contributed by atoms with Gasteiger partial charge in [0.05, 0.1) is 17.4 Å². The van der Waals surface area contributed by atoms with E-state index in [9.17, 15) is 0 Å². The molecule has 0 spiro atoms. The van der Waals surface area contributed by atoms with Gasteiger partial charge in [0.1, 0.15) is 5.65 Å². The van der Waals surface area contributed by atoms with Gasteiger partial charge in [-0.1, -0.05) is 91.0 Å². The first kappa shape index (κ1) is 18.4. The Labute approximate surface area is 191 Å². The smallest absolute Gasteiger partial charge is 0.145 e. The van der Waals surface area contributed by atoms with Gasteiger partial charge in [0.25, 0.3) is 0 Å². The molecule has 2 heterocycles. The summed E-state index contributed by atoms with van der Waals surface area (Å²) in [5.41, 5.74) is 7.19. The van der Waals surface area contributed by atoms with E-state index < -0.39 is 0 Å². The van der Waals surface area contributed by atoms with E-state index in [1.165, 1.54) is 59.9 Å². The average molecular weight is 423 g/mol. The second-order valence-electron chi connectivity index (χ2n) is 8.93. The SMILES string of the molecule is Cc1cccc(C)c1-c1cnc2c3ccccc3c3c4ccccc4c4ccccc4c3n12. The molecule has 0 bridgehead atoms. The summed E-state index contributed by atoms with van der Waals surface area (Å²) in [4.78, 5) is 5.01. The zero-order chi connectivity index (χ0) is 22.1. The summed E-state index contributed by atoms with van der Waals surface area (Å²) >= 11 is 0. The van der Waals surface area contributed by atoms with Crippen molar-refractivity contribution in [1.82, 2.24) is 9.38 Å². The number of benzene rings is 5. The lowest BCUT2D eigenvalue weighted by Gasteiger charge is -2.17. The van der Waals surface area contributed by atoms with E-state index in [1.54, 1.807) is 0 Å². The molecular formula is C31H22N2. The van der Waals surface area contributed by atoms with Crippen LogP contribution in [0.15, 0.2) is 97.2 Å². The largest absolute Gasteiger partial charge is 0.291 e. The van der Waals surface area contributed by atoms with Gasteiger partial charge in [-0.15, -0.1) is 0 Å². The van der Waals surface area contributed by atoms with Crippen LogP contribution >= 0.6 is 0 Å². The summed E-state index contributed by atoms with van der Waals surface area (Å²) in [5, 5.41) is 8.83. The van der Waals surface area contributed by atoms with Gasteiger partial charge in [0, 0.05) is 21.7 Å². The summed E-state index contributed by atoms with van der Waals surface area (Å²) in [6, 6.07) is 32.8. The fourth-order valence-electron chi connectivity index (χ4n) is 5.69. The van der Waals surface area contributed by atoms with Crippen molar-refractivity contribution in [3.8, 4) is 11.3 Å². The number of hydrogen-bond acceptors (Lipinski definition) is 1. The van der Waals surface area contributed by atoms with E-state index in [2.05, 4.69) is 115 Å². The maximum Gasteiger partial charge on any atom is 0.145 e. The Bertz CT molecular complexity index is 1870. The number of pyridine rings is 1. The van der Waals surface area contributed by atoms with Crippen LogP contribution in [0.3, 0.4) is 0 Å². The van der Waals surface area contributed by atoms with Crippen LogP contribution in [0.4, 0.5) is 0 Å². The quantitative estimate of drug-likeness (QED) is 0.244. The molecule has 7 aromatic rings. The second-order valence-corrected chi connectivity index (χ2v) is 8.93. The third kappa shape index (κ3) is 2.41. The molecule has 0 aliphatic carbocycles. The van der Waals surface area contributed by atoms with Gasteiger partial charge < -0.3 is 0 Å². The highest BCUT2D eigenvalue weighted by atomic mass is 15.0. The molecule has 0 atom stereocenters. The number of imidazole rings is 1. The topological polar surface area (TPSA) is 17.3 Å². The van der Waals surface area contributed by atoms with Gasteiger partial charge in [-0.3, -0.25) is 4.40 Å². The monoisotopic (exact) mass is 422 g/mol. The van der Waals surface area contributed by atoms with Crippen LogP contribution in [0, 0.1) is 13.8 Å². The first-order chi connectivity index (χ1) is 16.2. The normalized spacial score (nSPS) is 11.9. The highest BCUT2D eigenvalue weighted by molar-refractivity contribution is 6.32. The van der Waals surface area contributed by atoms with E-state index in [0.29, 0.717) is 0 Å². The van der Waals surface area contributed by atoms with Crippen LogP contribution in [0.1, 0.15) is 11.1 Å². The molecule has 7 rings (SSSR count). The number of aromatic nitrogens is 2. The molecule has 2 aromatic heterocycles. The van der Waals surface area contributed by atoms with E-state index in [1.807, 2.05) is 0 Å². The Kier molecular flexibility index (Phi) is 3.72. The molecule has 0 radical (unpaired) electrons. The van der Waals surface area contributed by atoms with E-state index in [-0.39, 0.29) is 0 Å². The molecule has 0 amide bonds. The van der Waals surface area contributed by atoms with Crippen molar-refractivity contribution < 1.29 is 0 Å². The first-order valence-corrected chi connectivity index (χ1v) is 11.4. The lowest BCUT2D eigenvalue weighted by molar-refractivity contribution is 1.25. The molecule has 0 aliphatic rings. The van der Waals surface area contributed by atoms with Gasteiger partial charge >= 0.3 is 0 Å². The summed E-state index contributed by atoms with van der Waals surface area (Å²) in [6.07, 6.45) is 2.06. The maximum absolute atomic E-state index is 5.01. The van der Waals surface area contributed by atoms with Crippen LogP contribution in [-0.2, 0) is 0 Å². The summed E-state index contributed by atoms with van der Waals surface area (Å²) in [7, 11) is 0. The van der Waals surface area contributed by atoms with Gasteiger partial charge in [-0.05, 0) is 46.5 Å². The van der Waals surface area contributed by atoms with Crippen molar-refractivity contribution in [3.63, 3.8) is 0 Å². The molecule has 0 N–H and O–H groups in total. The molecule has 156 valence electrons. The van der Waals surface area contributed by atoms with E-state index >= 15 is 0 Å². The fraction of sp³-hybridized carbons (Fsp3) is 0.0645. The molecule has 0 unspecified atom stereocenters. The molecule has 0 aliphatic heterocycles. The molecule has 5 aromatic carbocycles. The van der Waals surface area contributed by atoms with Gasteiger partial charge in [0.2, 0.25) is 0 Å². The van der Waals surface area contributed by atoms with Crippen LogP contribution in [0.5, 0.6) is 0 Å². The standard InChI is InChI=1S/C31H22N2/c1-19-10-9-11-20(2)28(19)27-18-32-31-26-17-8-6-15-24(26)29-23-14-5-3-12-21(23)22-13-4-7-16-25(22)30(29)33(27)31/h3-18H,1-2H3. The van der Waals surface area contributed by atoms with Crippen molar-refractivity contribution >= 4 is 48.9 Å². The minimum atomic E-state index is 1.01. The Hall–Kier alpha value is -4.17. The predicted octanol–water partition coefficient (Wildman–Crippen LogP) is 8.23. The third-order valence-corrected chi connectivity index (χ3v) is 7.07. The second kappa shape index (κ2) is 6.66. The Balaban J connectivity index is 1.88. The van der Waals surface area contributed by atoms with Crippen LogP contribution in [0.25, 0.3) is 60.1 Å². The van der Waals surface area contributed by atoms with Crippen molar-refractivity contribution in [2.75, 3.05) is 0 Å². The van der Waals surface area contributed by atoms with Gasteiger partial charge in [-0.2, -0.15) is 0 Å². The van der Waals surface area contributed by atoms with Crippen LogP contribution in [0.2, 0.25) is 0 Å². The molecule has 0 saturated carbocycles. The average Bonchev–Trinajstić information content (AvgIpc) is 3.28. The zero-order valence-corrected chi connectivity index (χ0v) is 18.6. The lowest BCUT2D eigenvalue weighted by atomic mass is 9.93. The van der Waals surface area contributed by atoms with Crippen LogP contribution in [-0.4, -0.2) is 9.38 Å². The predicted molar refractivity (Wildman–Crippen MR) is 140 cm³/mol. The molecular weight excluding hydrogens is 400 g/mol. The molecule has 33 heavy (non-hydrogen) atoms. The van der Waals surface area contributed by atoms with Gasteiger partial charge in [0.15, 0.2) is 0 Å². The minimum Gasteiger partial charge on any atom is -0.291 e. The number of rotatable bonds is 1. The minimum absolute atomic E-state index is 1.01. The lowest BCUT2D eigenvalue weighted by Crippen LogP contribution is -1.98. The highest BCUT2D eigenvalue weighted by Gasteiger charge is 2.20. The Morgan fingerprint density at radius 3 is 1.73 bits per heavy atom.